The fraction of sp³-hybridized carbons (Fsp3) is 0.182. The van der Waals surface area contributed by atoms with Gasteiger partial charge in [-0.1, -0.05) is 0 Å². The summed E-state index contributed by atoms with van der Waals surface area (Å²) in [5, 5.41) is 0. The number of aryl methyl sites for hydroxylation is 1. The topological polar surface area (TPSA) is 38.7 Å². The Labute approximate surface area is 93.2 Å². The van der Waals surface area contributed by atoms with E-state index in [1.165, 1.54) is 0 Å². The molecule has 76 valence electrons. The van der Waals surface area contributed by atoms with Crippen LogP contribution in [0.5, 0.6) is 0 Å². The highest BCUT2D eigenvalue weighted by molar-refractivity contribution is 6.16. The number of aromatic nitrogens is 3. The van der Waals surface area contributed by atoms with E-state index in [-0.39, 0.29) is 0 Å². The molecule has 0 radical (unpaired) electrons. The van der Waals surface area contributed by atoms with Crippen molar-refractivity contribution in [1.82, 2.24) is 15.0 Å². The van der Waals surface area contributed by atoms with Crippen molar-refractivity contribution in [2.75, 3.05) is 0 Å². The number of hydrogen-bond donors (Lipinski definition) is 0. The van der Waals surface area contributed by atoms with Gasteiger partial charge in [0.15, 0.2) is 5.82 Å². The maximum atomic E-state index is 5.76. The van der Waals surface area contributed by atoms with Crippen molar-refractivity contribution in [2.45, 2.75) is 12.8 Å². The first-order valence-corrected chi connectivity index (χ1v) is 5.14. The standard InChI is InChI=1S/C11H10ClN3/c1-8-6-10(7-12)15-11(14-8)9-2-4-13-5-3-9/h2-6H,7H2,1H3. The minimum atomic E-state index is 0.404. The number of hydrogen-bond acceptors (Lipinski definition) is 3. The molecule has 0 spiro atoms. The molecular formula is C11H10ClN3. The van der Waals surface area contributed by atoms with Gasteiger partial charge in [0, 0.05) is 23.7 Å². The van der Waals surface area contributed by atoms with Crippen LogP contribution in [0.1, 0.15) is 11.4 Å². The predicted octanol–water partition coefficient (Wildman–Crippen LogP) is 2.59. The molecule has 0 atom stereocenters. The second-order valence-corrected chi connectivity index (χ2v) is 3.46. The van der Waals surface area contributed by atoms with Crippen LogP contribution in [0.15, 0.2) is 30.6 Å². The number of halogens is 1. The molecule has 0 unspecified atom stereocenters. The third-order valence-corrected chi connectivity index (χ3v) is 2.26. The average Bonchev–Trinajstić information content (AvgIpc) is 2.29. The average molecular weight is 220 g/mol. The van der Waals surface area contributed by atoms with Gasteiger partial charge in [-0.25, -0.2) is 9.97 Å². The van der Waals surface area contributed by atoms with E-state index in [4.69, 9.17) is 11.6 Å². The van der Waals surface area contributed by atoms with Crippen LogP contribution in [0.3, 0.4) is 0 Å². The molecule has 2 aromatic rings. The maximum absolute atomic E-state index is 5.76. The molecule has 15 heavy (non-hydrogen) atoms. The van der Waals surface area contributed by atoms with Gasteiger partial charge in [0.1, 0.15) is 0 Å². The fourth-order valence-electron chi connectivity index (χ4n) is 1.33. The second kappa shape index (κ2) is 4.36. The number of pyridine rings is 1. The van der Waals surface area contributed by atoms with Gasteiger partial charge < -0.3 is 0 Å². The smallest absolute Gasteiger partial charge is 0.159 e. The van der Waals surface area contributed by atoms with Crippen LogP contribution < -0.4 is 0 Å². The van der Waals surface area contributed by atoms with Crippen molar-refractivity contribution in [3.05, 3.63) is 42.0 Å². The number of alkyl halides is 1. The zero-order valence-electron chi connectivity index (χ0n) is 8.31. The lowest BCUT2D eigenvalue weighted by molar-refractivity contribution is 1.05. The van der Waals surface area contributed by atoms with Gasteiger partial charge in [-0.2, -0.15) is 0 Å². The van der Waals surface area contributed by atoms with Crippen molar-refractivity contribution >= 4 is 11.6 Å². The molecule has 0 fully saturated rings. The molecule has 0 aromatic carbocycles. The van der Waals surface area contributed by atoms with E-state index in [0.717, 1.165) is 17.0 Å². The van der Waals surface area contributed by atoms with Gasteiger partial charge in [0.05, 0.1) is 11.6 Å². The SMILES string of the molecule is Cc1cc(CCl)nc(-c2ccncc2)n1. The van der Waals surface area contributed by atoms with Gasteiger partial charge in [0.25, 0.3) is 0 Å². The molecule has 3 nitrogen and oxygen atoms in total. The van der Waals surface area contributed by atoms with Crippen LogP contribution in [0.4, 0.5) is 0 Å². The molecule has 0 aliphatic carbocycles. The fourth-order valence-corrected chi connectivity index (χ4v) is 1.47. The van der Waals surface area contributed by atoms with Gasteiger partial charge in [0.2, 0.25) is 0 Å². The first kappa shape index (κ1) is 10.1. The van der Waals surface area contributed by atoms with Crippen LogP contribution >= 0.6 is 11.6 Å². The largest absolute Gasteiger partial charge is 0.265 e. The monoisotopic (exact) mass is 219 g/mol. The van der Waals surface area contributed by atoms with Gasteiger partial charge in [-0.15, -0.1) is 11.6 Å². The minimum Gasteiger partial charge on any atom is -0.265 e. The maximum Gasteiger partial charge on any atom is 0.159 e. The van der Waals surface area contributed by atoms with Gasteiger partial charge in [-0.05, 0) is 25.1 Å². The molecule has 0 bridgehead atoms. The molecule has 2 rings (SSSR count). The van der Waals surface area contributed by atoms with E-state index in [1.54, 1.807) is 12.4 Å². The molecule has 2 aromatic heterocycles. The highest BCUT2D eigenvalue weighted by atomic mass is 35.5. The Kier molecular flexibility index (Phi) is 2.92. The molecule has 0 saturated carbocycles. The molecule has 0 aliphatic rings. The summed E-state index contributed by atoms with van der Waals surface area (Å²) in [7, 11) is 0. The van der Waals surface area contributed by atoms with E-state index in [1.807, 2.05) is 25.1 Å². The van der Waals surface area contributed by atoms with E-state index in [2.05, 4.69) is 15.0 Å². The molecule has 0 N–H and O–H groups in total. The summed E-state index contributed by atoms with van der Waals surface area (Å²) in [5.41, 5.74) is 2.73. The van der Waals surface area contributed by atoms with Crippen molar-refractivity contribution in [3.8, 4) is 11.4 Å². The highest BCUT2D eigenvalue weighted by Gasteiger charge is 2.03. The lowest BCUT2D eigenvalue weighted by Crippen LogP contribution is -1.96. The summed E-state index contributed by atoms with van der Waals surface area (Å²) in [6, 6.07) is 5.65. The van der Waals surface area contributed by atoms with Crippen LogP contribution in [0.2, 0.25) is 0 Å². The first-order chi connectivity index (χ1) is 7.29. The van der Waals surface area contributed by atoms with Crippen molar-refractivity contribution in [2.24, 2.45) is 0 Å². The van der Waals surface area contributed by atoms with Crippen LogP contribution in [-0.4, -0.2) is 15.0 Å². The third-order valence-electron chi connectivity index (χ3n) is 1.98. The lowest BCUT2D eigenvalue weighted by Gasteiger charge is -2.03. The predicted molar refractivity (Wildman–Crippen MR) is 59.6 cm³/mol. The summed E-state index contributed by atoms with van der Waals surface area (Å²) in [6.45, 7) is 1.93. The van der Waals surface area contributed by atoms with Crippen LogP contribution in [0.25, 0.3) is 11.4 Å². The molecule has 0 amide bonds. The number of rotatable bonds is 2. The van der Waals surface area contributed by atoms with Crippen molar-refractivity contribution in [1.29, 1.82) is 0 Å². The summed E-state index contributed by atoms with van der Waals surface area (Å²) in [4.78, 5) is 12.7. The van der Waals surface area contributed by atoms with Gasteiger partial charge >= 0.3 is 0 Å². The van der Waals surface area contributed by atoms with Gasteiger partial charge in [-0.3, -0.25) is 4.98 Å². The van der Waals surface area contributed by atoms with E-state index in [0.29, 0.717) is 11.7 Å². The lowest BCUT2D eigenvalue weighted by atomic mass is 10.2. The zero-order chi connectivity index (χ0) is 10.7. The second-order valence-electron chi connectivity index (χ2n) is 3.19. The molecular weight excluding hydrogens is 210 g/mol. The van der Waals surface area contributed by atoms with Crippen molar-refractivity contribution in [3.63, 3.8) is 0 Å². The Balaban J connectivity index is 2.49. The van der Waals surface area contributed by atoms with Crippen molar-refractivity contribution < 1.29 is 0 Å². The molecule has 0 aliphatic heterocycles. The normalized spacial score (nSPS) is 10.3. The first-order valence-electron chi connectivity index (χ1n) is 4.60. The third kappa shape index (κ3) is 2.30. The molecule has 0 saturated heterocycles. The Morgan fingerprint density at radius 3 is 2.60 bits per heavy atom. The van der Waals surface area contributed by atoms with Crippen LogP contribution in [0, 0.1) is 6.92 Å². The highest BCUT2D eigenvalue weighted by Crippen LogP contribution is 2.15. The summed E-state index contributed by atoms with van der Waals surface area (Å²) in [5.74, 6) is 1.11. The number of nitrogens with zero attached hydrogens (tertiary/aromatic N) is 3. The van der Waals surface area contributed by atoms with Crippen LogP contribution in [-0.2, 0) is 5.88 Å². The Hall–Kier alpha value is -1.48. The molecule has 4 heteroatoms. The zero-order valence-corrected chi connectivity index (χ0v) is 9.07. The Morgan fingerprint density at radius 2 is 1.93 bits per heavy atom. The van der Waals surface area contributed by atoms with E-state index in [9.17, 15) is 0 Å². The summed E-state index contributed by atoms with van der Waals surface area (Å²) >= 11 is 5.76. The summed E-state index contributed by atoms with van der Waals surface area (Å²) in [6.07, 6.45) is 3.45. The Bertz CT molecular complexity index is 457. The van der Waals surface area contributed by atoms with E-state index >= 15 is 0 Å². The van der Waals surface area contributed by atoms with E-state index < -0.39 is 0 Å². The Morgan fingerprint density at radius 1 is 1.20 bits per heavy atom. The summed E-state index contributed by atoms with van der Waals surface area (Å²) < 4.78 is 0. The molecule has 2 heterocycles. The quantitative estimate of drug-likeness (QED) is 0.729. The minimum absolute atomic E-state index is 0.404.